The third-order valence-corrected chi connectivity index (χ3v) is 2.68. The molecule has 1 N–H and O–H groups in total. The SMILES string of the molecule is O[C@H](C1CCCCCC1)C(F)(F)F. The highest BCUT2D eigenvalue weighted by Gasteiger charge is 2.42. The molecule has 1 nitrogen and oxygen atoms in total. The first-order valence-corrected chi connectivity index (χ1v) is 4.76. The van der Waals surface area contributed by atoms with E-state index in [0.717, 1.165) is 25.7 Å². The summed E-state index contributed by atoms with van der Waals surface area (Å²) in [5.41, 5.74) is 0. The lowest BCUT2D eigenvalue weighted by atomic mass is 9.94. The molecule has 1 atom stereocenters. The van der Waals surface area contributed by atoms with Gasteiger partial charge in [-0.25, -0.2) is 0 Å². The fraction of sp³-hybridized carbons (Fsp3) is 1.00. The summed E-state index contributed by atoms with van der Waals surface area (Å²) in [6, 6.07) is 0. The summed E-state index contributed by atoms with van der Waals surface area (Å²) in [7, 11) is 0. The third kappa shape index (κ3) is 3.18. The summed E-state index contributed by atoms with van der Waals surface area (Å²) in [5, 5.41) is 9.01. The summed E-state index contributed by atoms with van der Waals surface area (Å²) < 4.78 is 36.3. The Kier molecular flexibility index (Phi) is 3.59. The molecule has 0 heterocycles. The van der Waals surface area contributed by atoms with Crippen LogP contribution in [0.3, 0.4) is 0 Å². The van der Waals surface area contributed by atoms with Gasteiger partial charge in [0, 0.05) is 0 Å². The molecule has 1 fully saturated rings. The number of hydrogen-bond donors (Lipinski definition) is 1. The average Bonchev–Trinajstić information content (AvgIpc) is 2.28. The molecule has 4 heteroatoms. The van der Waals surface area contributed by atoms with Crippen LogP contribution in [-0.4, -0.2) is 17.4 Å². The minimum atomic E-state index is -4.44. The van der Waals surface area contributed by atoms with E-state index < -0.39 is 18.2 Å². The van der Waals surface area contributed by atoms with Gasteiger partial charge in [-0.3, -0.25) is 0 Å². The zero-order valence-electron chi connectivity index (χ0n) is 7.48. The number of aliphatic hydroxyl groups excluding tert-OH is 1. The van der Waals surface area contributed by atoms with Crippen LogP contribution in [-0.2, 0) is 0 Å². The largest absolute Gasteiger partial charge is 0.414 e. The number of hydrogen-bond acceptors (Lipinski definition) is 1. The lowest BCUT2D eigenvalue weighted by Gasteiger charge is -2.23. The van der Waals surface area contributed by atoms with Crippen LogP contribution in [0.5, 0.6) is 0 Å². The van der Waals surface area contributed by atoms with Crippen LogP contribution in [0.15, 0.2) is 0 Å². The van der Waals surface area contributed by atoms with E-state index in [4.69, 9.17) is 5.11 Å². The Morgan fingerprint density at radius 1 is 1.00 bits per heavy atom. The number of aliphatic hydroxyl groups is 1. The van der Waals surface area contributed by atoms with Crippen molar-refractivity contribution < 1.29 is 18.3 Å². The molecule has 1 saturated carbocycles. The van der Waals surface area contributed by atoms with Crippen LogP contribution in [0.25, 0.3) is 0 Å². The molecule has 0 aromatic carbocycles. The molecule has 0 aromatic heterocycles. The molecule has 0 bridgehead atoms. The second-order valence-electron chi connectivity index (χ2n) is 3.74. The highest BCUT2D eigenvalue weighted by atomic mass is 19.4. The molecular formula is C9H15F3O. The van der Waals surface area contributed by atoms with E-state index >= 15 is 0 Å². The van der Waals surface area contributed by atoms with Crippen molar-refractivity contribution in [3.8, 4) is 0 Å². The maximum absolute atomic E-state index is 12.1. The summed E-state index contributed by atoms with van der Waals surface area (Å²) in [6.07, 6.45) is -1.88. The summed E-state index contributed by atoms with van der Waals surface area (Å²) >= 11 is 0. The summed E-state index contributed by atoms with van der Waals surface area (Å²) in [6.45, 7) is 0. The molecule has 1 rings (SSSR count). The minimum Gasteiger partial charge on any atom is -0.383 e. The van der Waals surface area contributed by atoms with E-state index in [1.54, 1.807) is 0 Å². The van der Waals surface area contributed by atoms with Crippen molar-refractivity contribution >= 4 is 0 Å². The molecule has 0 radical (unpaired) electrons. The van der Waals surface area contributed by atoms with Crippen molar-refractivity contribution in [2.45, 2.75) is 50.8 Å². The molecule has 0 spiro atoms. The van der Waals surface area contributed by atoms with Crippen molar-refractivity contribution in [3.63, 3.8) is 0 Å². The van der Waals surface area contributed by atoms with Crippen molar-refractivity contribution in [2.75, 3.05) is 0 Å². The smallest absolute Gasteiger partial charge is 0.383 e. The topological polar surface area (TPSA) is 20.2 Å². The normalized spacial score (nSPS) is 24.0. The van der Waals surface area contributed by atoms with Crippen molar-refractivity contribution in [1.82, 2.24) is 0 Å². The van der Waals surface area contributed by atoms with E-state index in [-0.39, 0.29) is 0 Å². The Balaban J connectivity index is 2.48. The molecule has 0 aromatic rings. The van der Waals surface area contributed by atoms with Crippen molar-refractivity contribution in [1.29, 1.82) is 0 Å². The predicted molar refractivity (Wildman–Crippen MR) is 43.3 cm³/mol. The van der Waals surface area contributed by atoms with Crippen LogP contribution >= 0.6 is 0 Å². The highest BCUT2D eigenvalue weighted by molar-refractivity contribution is 4.77. The van der Waals surface area contributed by atoms with Crippen LogP contribution in [0.1, 0.15) is 38.5 Å². The van der Waals surface area contributed by atoms with Crippen LogP contribution in [0, 0.1) is 5.92 Å². The monoisotopic (exact) mass is 196 g/mol. The Morgan fingerprint density at radius 3 is 1.85 bits per heavy atom. The Labute approximate surface area is 75.9 Å². The van der Waals surface area contributed by atoms with Crippen molar-refractivity contribution in [3.05, 3.63) is 0 Å². The van der Waals surface area contributed by atoms with Gasteiger partial charge in [0.15, 0.2) is 6.10 Å². The second kappa shape index (κ2) is 4.31. The zero-order chi connectivity index (χ0) is 9.90. The first kappa shape index (κ1) is 10.8. The molecule has 0 saturated heterocycles. The van der Waals surface area contributed by atoms with Gasteiger partial charge in [0.05, 0.1) is 0 Å². The van der Waals surface area contributed by atoms with Gasteiger partial charge >= 0.3 is 6.18 Å². The summed E-state index contributed by atoms with van der Waals surface area (Å²) in [4.78, 5) is 0. The molecule has 78 valence electrons. The molecule has 1 aliphatic rings. The van der Waals surface area contributed by atoms with Gasteiger partial charge in [0.25, 0.3) is 0 Å². The Bertz CT molecular complexity index is 147. The van der Waals surface area contributed by atoms with Gasteiger partial charge in [0.2, 0.25) is 0 Å². The fourth-order valence-corrected chi connectivity index (χ4v) is 1.89. The van der Waals surface area contributed by atoms with E-state index in [0.29, 0.717) is 12.8 Å². The fourth-order valence-electron chi connectivity index (χ4n) is 1.89. The first-order valence-electron chi connectivity index (χ1n) is 4.76. The molecule has 1 aliphatic carbocycles. The van der Waals surface area contributed by atoms with E-state index in [1.165, 1.54) is 0 Å². The average molecular weight is 196 g/mol. The highest BCUT2D eigenvalue weighted by Crippen LogP contribution is 2.33. The number of alkyl halides is 3. The van der Waals surface area contributed by atoms with Gasteiger partial charge in [-0.05, 0) is 18.8 Å². The Morgan fingerprint density at radius 2 is 1.46 bits per heavy atom. The van der Waals surface area contributed by atoms with Crippen LogP contribution < -0.4 is 0 Å². The lowest BCUT2D eigenvalue weighted by Crippen LogP contribution is -2.35. The van der Waals surface area contributed by atoms with E-state index in [2.05, 4.69) is 0 Å². The van der Waals surface area contributed by atoms with Gasteiger partial charge in [-0.15, -0.1) is 0 Å². The predicted octanol–water partition coefficient (Wildman–Crippen LogP) is 2.88. The maximum atomic E-state index is 12.1. The molecule has 0 aliphatic heterocycles. The number of halogens is 3. The van der Waals surface area contributed by atoms with Crippen LogP contribution in [0.2, 0.25) is 0 Å². The minimum absolute atomic E-state index is 0.515. The standard InChI is InChI=1S/C9H15F3O/c10-9(11,12)8(13)7-5-3-1-2-4-6-7/h7-8,13H,1-6H2/t8-/m1/s1. The van der Waals surface area contributed by atoms with E-state index in [9.17, 15) is 13.2 Å². The van der Waals surface area contributed by atoms with E-state index in [1.807, 2.05) is 0 Å². The zero-order valence-corrected chi connectivity index (χ0v) is 7.48. The maximum Gasteiger partial charge on any atom is 0.414 e. The van der Waals surface area contributed by atoms with Gasteiger partial charge in [-0.2, -0.15) is 13.2 Å². The lowest BCUT2D eigenvalue weighted by molar-refractivity contribution is -0.220. The van der Waals surface area contributed by atoms with Gasteiger partial charge < -0.3 is 5.11 Å². The quantitative estimate of drug-likeness (QED) is 0.639. The number of rotatable bonds is 1. The summed E-state index contributed by atoms with van der Waals surface area (Å²) in [5.74, 6) is -0.567. The molecule has 0 amide bonds. The van der Waals surface area contributed by atoms with Crippen LogP contribution in [0.4, 0.5) is 13.2 Å². The molecule has 0 unspecified atom stereocenters. The third-order valence-electron chi connectivity index (χ3n) is 2.68. The molecule has 13 heavy (non-hydrogen) atoms. The second-order valence-corrected chi connectivity index (χ2v) is 3.74. The Hall–Kier alpha value is -0.250. The van der Waals surface area contributed by atoms with Crippen molar-refractivity contribution in [2.24, 2.45) is 5.92 Å². The first-order chi connectivity index (χ1) is 6.02. The van der Waals surface area contributed by atoms with Gasteiger partial charge in [-0.1, -0.05) is 25.7 Å². The molecular weight excluding hydrogens is 181 g/mol. The van der Waals surface area contributed by atoms with Gasteiger partial charge in [0.1, 0.15) is 0 Å².